The number of hydrogen-bond donors (Lipinski definition) is 3. The van der Waals surface area contributed by atoms with Crippen LogP contribution in [0.2, 0.25) is 10.0 Å². The van der Waals surface area contributed by atoms with Gasteiger partial charge in [0.15, 0.2) is 0 Å². The van der Waals surface area contributed by atoms with E-state index in [0.717, 1.165) is 0 Å². The van der Waals surface area contributed by atoms with Gasteiger partial charge < -0.3 is 15.7 Å². The van der Waals surface area contributed by atoms with Crippen molar-refractivity contribution in [2.24, 2.45) is 0 Å². The number of nitrogens with one attached hydrogen (secondary N) is 2. The zero-order valence-electron chi connectivity index (χ0n) is 11.2. The minimum absolute atomic E-state index is 0.0633. The Balaban J connectivity index is 2.69. The molecule has 5 nitrogen and oxygen atoms in total. The monoisotopic (exact) mass is 318 g/mol. The Morgan fingerprint density at radius 2 is 1.80 bits per heavy atom. The minimum atomic E-state index is -0.814. The molecule has 0 heterocycles. The molecule has 0 fully saturated rings. The van der Waals surface area contributed by atoms with Crippen molar-refractivity contribution in [3.63, 3.8) is 0 Å². The number of carbonyl (C=O) groups is 2. The first-order valence-electron chi connectivity index (χ1n) is 6.03. The molecule has 0 aliphatic heterocycles. The van der Waals surface area contributed by atoms with Crippen LogP contribution in [-0.4, -0.2) is 29.6 Å². The summed E-state index contributed by atoms with van der Waals surface area (Å²) in [6.07, 6.45) is 0.376. The summed E-state index contributed by atoms with van der Waals surface area (Å²) >= 11 is 11.9. The maximum absolute atomic E-state index is 11.7. The standard InChI is InChI=1S/C13H16Cl2N2O3/c1-7(3-4-18)16-12(19)13(20)17-9-5-10(14)8(2)11(15)6-9/h5-7,18H,3-4H2,1-2H3,(H,16,19)(H,17,20)/t7-/m1/s1. The molecule has 1 aromatic rings. The summed E-state index contributed by atoms with van der Waals surface area (Å²) in [5, 5.41) is 14.4. The second-order valence-corrected chi connectivity index (χ2v) is 5.22. The maximum atomic E-state index is 11.7. The summed E-state index contributed by atoms with van der Waals surface area (Å²) in [5.41, 5.74) is 1.05. The zero-order valence-corrected chi connectivity index (χ0v) is 12.7. The number of hydrogen-bond acceptors (Lipinski definition) is 3. The molecule has 0 saturated carbocycles. The zero-order chi connectivity index (χ0) is 15.3. The van der Waals surface area contributed by atoms with Gasteiger partial charge in [-0.1, -0.05) is 23.2 Å². The first kappa shape index (κ1) is 16.8. The molecule has 0 radical (unpaired) electrons. The number of rotatable bonds is 4. The van der Waals surface area contributed by atoms with Crippen molar-refractivity contribution in [1.29, 1.82) is 0 Å². The van der Waals surface area contributed by atoms with Crippen LogP contribution in [0.4, 0.5) is 5.69 Å². The molecule has 1 rings (SSSR count). The Hall–Kier alpha value is -1.30. The van der Waals surface area contributed by atoms with Crippen LogP contribution in [-0.2, 0) is 9.59 Å². The van der Waals surface area contributed by atoms with Gasteiger partial charge in [0, 0.05) is 28.4 Å². The molecule has 2 amide bonds. The van der Waals surface area contributed by atoms with Crippen molar-refractivity contribution in [2.75, 3.05) is 11.9 Å². The van der Waals surface area contributed by atoms with Crippen LogP contribution < -0.4 is 10.6 Å². The van der Waals surface area contributed by atoms with Crippen LogP contribution in [0.25, 0.3) is 0 Å². The molecule has 0 aliphatic rings. The molecule has 0 saturated heterocycles. The normalized spacial score (nSPS) is 11.8. The maximum Gasteiger partial charge on any atom is 0.313 e. The second-order valence-electron chi connectivity index (χ2n) is 4.41. The number of carbonyl (C=O) groups excluding carboxylic acids is 2. The van der Waals surface area contributed by atoms with E-state index < -0.39 is 11.8 Å². The highest BCUT2D eigenvalue weighted by atomic mass is 35.5. The van der Waals surface area contributed by atoms with E-state index in [2.05, 4.69) is 10.6 Å². The van der Waals surface area contributed by atoms with Crippen molar-refractivity contribution >= 4 is 40.7 Å². The van der Waals surface area contributed by atoms with Gasteiger partial charge in [-0.05, 0) is 38.0 Å². The fourth-order valence-electron chi connectivity index (χ4n) is 1.46. The molecule has 1 aromatic carbocycles. The first-order chi connectivity index (χ1) is 9.35. The van der Waals surface area contributed by atoms with Crippen LogP contribution in [0, 0.1) is 6.92 Å². The summed E-state index contributed by atoms with van der Waals surface area (Å²) in [5.74, 6) is -1.59. The molecular weight excluding hydrogens is 303 g/mol. The van der Waals surface area contributed by atoms with Gasteiger partial charge in [-0.15, -0.1) is 0 Å². The summed E-state index contributed by atoms with van der Waals surface area (Å²) in [6.45, 7) is 3.38. The smallest absolute Gasteiger partial charge is 0.313 e. The number of anilines is 1. The van der Waals surface area contributed by atoms with E-state index in [1.807, 2.05) is 0 Å². The number of aliphatic hydroxyl groups is 1. The Labute approximate surface area is 127 Å². The Morgan fingerprint density at radius 1 is 1.25 bits per heavy atom. The van der Waals surface area contributed by atoms with Gasteiger partial charge >= 0.3 is 11.8 Å². The van der Waals surface area contributed by atoms with Gasteiger partial charge in [0.2, 0.25) is 0 Å². The lowest BCUT2D eigenvalue weighted by Crippen LogP contribution is -2.40. The summed E-state index contributed by atoms with van der Waals surface area (Å²) < 4.78 is 0. The molecule has 0 bridgehead atoms. The van der Waals surface area contributed by atoms with E-state index in [4.69, 9.17) is 28.3 Å². The molecule has 0 spiro atoms. The molecule has 0 aliphatic carbocycles. The number of halogens is 2. The molecule has 1 atom stereocenters. The molecule has 7 heteroatoms. The van der Waals surface area contributed by atoms with Crippen molar-refractivity contribution in [3.8, 4) is 0 Å². The highest BCUT2D eigenvalue weighted by Crippen LogP contribution is 2.27. The third-order valence-corrected chi connectivity index (χ3v) is 3.47. The van der Waals surface area contributed by atoms with E-state index >= 15 is 0 Å². The lowest BCUT2D eigenvalue weighted by molar-refractivity contribution is -0.136. The SMILES string of the molecule is Cc1c(Cl)cc(NC(=O)C(=O)N[C@H](C)CCO)cc1Cl. The third-order valence-electron chi connectivity index (χ3n) is 2.68. The highest BCUT2D eigenvalue weighted by molar-refractivity contribution is 6.40. The van der Waals surface area contributed by atoms with E-state index in [9.17, 15) is 9.59 Å². The predicted octanol–water partition coefficient (Wildman–Crippen LogP) is 2.13. The molecule has 0 unspecified atom stereocenters. The summed E-state index contributed by atoms with van der Waals surface area (Å²) in [7, 11) is 0. The number of benzene rings is 1. The van der Waals surface area contributed by atoms with Crippen LogP contribution in [0.3, 0.4) is 0 Å². The van der Waals surface area contributed by atoms with E-state index in [1.165, 1.54) is 12.1 Å². The van der Waals surface area contributed by atoms with Crippen LogP contribution in [0.5, 0.6) is 0 Å². The van der Waals surface area contributed by atoms with E-state index in [1.54, 1.807) is 13.8 Å². The predicted molar refractivity (Wildman–Crippen MR) is 79.1 cm³/mol. The van der Waals surface area contributed by atoms with E-state index in [0.29, 0.717) is 27.7 Å². The Kier molecular flexibility index (Phi) is 6.26. The molecule has 0 aromatic heterocycles. The fraction of sp³-hybridized carbons (Fsp3) is 0.385. The van der Waals surface area contributed by atoms with Gasteiger partial charge in [-0.2, -0.15) is 0 Å². The van der Waals surface area contributed by atoms with E-state index in [-0.39, 0.29) is 12.6 Å². The highest BCUT2D eigenvalue weighted by Gasteiger charge is 2.16. The third kappa shape index (κ3) is 4.67. The second kappa shape index (κ2) is 7.47. The van der Waals surface area contributed by atoms with Crippen LogP contribution in [0.15, 0.2) is 12.1 Å². The topological polar surface area (TPSA) is 78.4 Å². The lowest BCUT2D eigenvalue weighted by Gasteiger charge is -2.12. The lowest BCUT2D eigenvalue weighted by atomic mass is 10.2. The van der Waals surface area contributed by atoms with Gasteiger partial charge in [0.05, 0.1) is 0 Å². The fourth-order valence-corrected chi connectivity index (χ4v) is 1.95. The van der Waals surface area contributed by atoms with Crippen molar-refractivity contribution < 1.29 is 14.7 Å². The number of amides is 2. The Bertz CT molecular complexity index is 497. The van der Waals surface area contributed by atoms with Crippen LogP contribution >= 0.6 is 23.2 Å². The largest absolute Gasteiger partial charge is 0.396 e. The summed E-state index contributed by atoms with van der Waals surface area (Å²) in [4.78, 5) is 23.3. The first-order valence-corrected chi connectivity index (χ1v) is 6.79. The van der Waals surface area contributed by atoms with Crippen molar-refractivity contribution in [1.82, 2.24) is 5.32 Å². The van der Waals surface area contributed by atoms with Crippen molar-refractivity contribution in [2.45, 2.75) is 26.3 Å². The van der Waals surface area contributed by atoms with Gasteiger partial charge in [0.25, 0.3) is 0 Å². The van der Waals surface area contributed by atoms with Crippen molar-refractivity contribution in [3.05, 3.63) is 27.7 Å². The van der Waals surface area contributed by atoms with Gasteiger partial charge in [0.1, 0.15) is 0 Å². The number of aliphatic hydroxyl groups excluding tert-OH is 1. The molecule has 110 valence electrons. The van der Waals surface area contributed by atoms with Gasteiger partial charge in [-0.25, -0.2) is 0 Å². The quantitative estimate of drug-likeness (QED) is 0.744. The van der Waals surface area contributed by atoms with Gasteiger partial charge in [-0.3, -0.25) is 9.59 Å². The molecule has 3 N–H and O–H groups in total. The average Bonchev–Trinajstić information content (AvgIpc) is 2.35. The van der Waals surface area contributed by atoms with Crippen LogP contribution in [0.1, 0.15) is 18.9 Å². The summed E-state index contributed by atoms with van der Waals surface area (Å²) in [6, 6.07) is 2.75. The molecular formula is C13H16Cl2N2O3. The Morgan fingerprint density at radius 3 is 2.30 bits per heavy atom. The average molecular weight is 319 g/mol. The molecule has 20 heavy (non-hydrogen) atoms. The minimum Gasteiger partial charge on any atom is -0.396 e.